The van der Waals surface area contributed by atoms with Crippen molar-refractivity contribution in [3.8, 4) is 11.8 Å². The molecule has 4 nitrogen and oxygen atoms in total. The van der Waals surface area contributed by atoms with E-state index in [9.17, 15) is 0 Å². The van der Waals surface area contributed by atoms with Gasteiger partial charge in [0.1, 0.15) is 11.8 Å². The van der Waals surface area contributed by atoms with Crippen molar-refractivity contribution in [3.05, 3.63) is 28.2 Å². The first-order chi connectivity index (χ1) is 6.77. The Morgan fingerprint density at radius 3 is 3.07 bits per heavy atom. The summed E-state index contributed by atoms with van der Waals surface area (Å²) in [6.45, 7) is 0.00699. The maximum absolute atomic E-state index is 8.36. The highest BCUT2D eigenvalue weighted by Gasteiger charge is 2.01. The molecular formula is C9H8BrN3O. The fourth-order valence-corrected chi connectivity index (χ4v) is 1.32. The van der Waals surface area contributed by atoms with Gasteiger partial charge in [-0.15, -0.1) is 0 Å². The topological polar surface area (TPSA) is 71.4 Å². The molecule has 0 heterocycles. The molecule has 0 amide bonds. The number of hydrazone groups is 1. The van der Waals surface area contributed by atoms with Gasteiger partial charge in [-0.25, -0.2) is 0 Å². The zero-order valence-corrected chi connectivity index (χ0v) is 8.86. The fourth-order valence-electron chi connectivity index (χ4n) is 0.942. The summed E-state index contributed by atoms with van der Waals surface area (Å²) in [5.74, 6) is 5.63. The average molecular weight is 254 g/mol. The van der Waals surface area contributed by atoms with Crippen molar-refractivity contribution in [1.29, 1.82) is 5.26 Å². The van der Waals surface area contributed by atoms with Crippen molar-refractivity contribution in [3.63, 3.8) is 0 Å². The zero-order valence-electron chi connectivity index (χ0n) is 7.27. The second-order valence-electron chi connectivity index (χ2n) is 2.41. The Morgan fingerprint density at radius 2 is 2.43 bits per heavy atom. The number of nitrogens with two attached hydrogens (primary N) is 1. The van der Waals surface area contributed by atoms with Gasteiger partial charge in [-0.05, 0) is 18.2 Å². The Kier molecular flexibility index (Phi) is 3.95. The number of nitrogens with zero attached hydrogens (tertiary/aromatic N) is 2. The standard InChI is InChI=1S/C9H8BrN3O/c10-8-1-2-9(14-4-3-11)7(5-8)6-13-12/h1-2,5-6H,4,12H2. The highest BCUT2D eigenvalue weighted by Crippen LogP contribution is 2.21. The van der Waals surface area contributed by atoms with Gasteiger partial charge in [-0.1, -0.05) is 15.9 Å². The summed E-state index contributed by atoms with van der Waals surface area (Å²) in [4.78, 5) is 0. The summed E-state index contributed by atoms with van der Waals surface area (Å²) >= 11 is 3.31. The van der Waals surface area contributed by atoms with E-state index in [0.717, 1.165) is 10.0 Å². The Balaban J connectivity index is 2.97. The summed E-state index contributed by atoms with van der Waals surface area (Å²) in [5.41, 5.74) is 0.733. The minimum absolute atomic E-state index is 0.00699. The normalized spacial score (nSPS) is 10.0. The van der Waals surface area contributed by atoms with E-state index in [0.29, 0.717) is 5.75 Å². The minimum atomic E-state index is 0.00699. The first-order valence-electron chi connectivity index (χ1n) is 3.80. The largest absolute Gasteiger partial charge is 0.478 e. The predicted octanol–water partition coefficient (Wildman–Crippen LogP) is 1.64. The molecule has 0 unspecified atom stereocenters. The van der Waals surface area contributed by atoms with Gasteiger partial charge in [-0.3, -0.25) is 0 Å². The number of halogens is 1. The number of hydrogen-bond acceptors (Lipinski definition) is 4. The maximum Gasteiger partial charge on any atom is 0.174 e. The van der Waals surface area contributed by atoms with Crippen molar-refractivity contribution < 1.29 is 4.74 Å². The van der Waals surface area contributed by atoms with Gasteiger partial charge in [0.2, 0.25) is 0 Å². The molecule has 0 fully saturated rings. The first kappa shape index (κ1) is 10.5. The molecule has 1 aromatic carbocycles. The molecule has 0 spiro atoms. The summed E-state index contributed by atoms with van der Waals surface area (Å²) in [6.07, 6.45) is 1.47. The molecule has 0 aromatic heterocycles. The van der Waals surface area contributed by atoms with Crippen LogP contribution in [-0.2, 0) is 0 Å². The molecule has 0 aliphatic rings. The lowest BCUT2D eigenvalue weighted by Gasteiger charge is -2.05. The van der Waals surface area contributed by atoms with Crippen LogP contribution in [0.25, 0.3) is 0 Å². The van der Waals surface area contributed by atoms with Crippen LogP contribution in [-0.4, -0.2) is 12.8 Å². The maximum atomic E-state index is 8.36. The van der Waals surface area contributed by atoms with E-state index in [1.54, 1.807) is 6.07 Å². The van der Waals surface area contributed by atoms with E-state index >= 15 is 0 Å². The van der Waals surface area contributed by atoms with Crippen LogP contribution >= 0.6 is 15.9 Å². The number of rotatable bonds is 3. The molecule has 0 aliphatic heterocycles. The number of ether oxygens (including phenoxy) is 1. The van der Waals surface area contributed by atoms with Gasteiger partial charge in [-0.2, -0.15) is 10.4 Å². The molecule has 2 N–H and O–H groups in total. The first-order valence-corrected chi connectivity index (χ1v) is 4.60. The van der Waals surface area contributed by atoms with Gasteiger partial charge in [0.25, 0.3) is 0 Å². The second-order valence-corrected chi connectivity index (χ2v) is 3.32. The molecule has 72 valence electrons. The van der Waals surface area contributed by atoms with E-state index in [2.05, 4.69) is 21.0 Å². The highest BCUT2D eigenvalue weighted by molar-refractivity contribution is 9.10. The van der Waals surface area contributed by atoms with Gasteiger partial charge in [0, 0.05) is 10.0 Å². The van der Waals surface area contributed by atoms with Crippen molar-refractivity contribution in [2.75, 3.05) is 6.61 Å². The lowest BCUT2D eigenvalue weighted by molar-refractivity contribution is 0.367. The van der Waals surface area contributed by atoms with Gasteiger partial charge < -0.3 is 10.6 Å². The monoisotopic (exact) mass is 253 g/mol. The van der Waals surface area contributed by atoms with Crippen molar-refractivity contribution in [2.24, 2.45) is 10.9 Å². The third-order valence-electron chi connectivity index (χ3n) is 1.48. The molecule has 0 saturated carbocycles. The van der Waals surface area contributed by atoms with Crippen molar-refractivity contribution >= 4 is 22.1 Å². The van der Waals surface area contributed by atoms with Crippen LogP contribution in [0.4, 0.5) is 0 Å². The summed E-state index contributed by atoms with van der Waals surface area (Å²) in [7, 11) is 0. The lowest BCUT2D eigenvalue weighted by atomic mass is 10.2. The van der Waals surface area contributed by atoms with Crippen LogP contribution in [0, 0.1) is 11.3 Å². The molecule has 1 aromatic rings. The molecule has 0 radical (unpaired) electrons. The van der Waals surface area contributed by atoms with E-state index < -0.39 is 0 Å². The Labute approximate surface area is 90.1 Å². The third kappa shape index (κ3) is 2.75. The van der Waals surface area contributed by atoms with Gasteiger partial charge in [0.05, 0.1) is 6.21 Å². The summed E-state index contributed by atoms with van der Waals surface area (Å²) in [6, 6.07) is 7.27. The third-order valence-corrected chi connectivity index (χ3v) is 1.97. The van der Waals surface area contributed by atoms with Gasteiger partial charge >= 0.3 is 0 Å². The van der Waals surface area contributed by atoms with Crippen molar-refractivity contribution in [1.82, 2.24) is 0 Å². The van der Waals surface area contributed by atoms with Gasteiger partial charge in [0.15, 0.2) is 6.61 Å². The molecule has 0 bridgehead atoms. The number of hydrogen-bond donors (Lipinski definition) is 1. The van der Waals surface area contributed by atoms with Crippen LogP contribution in [0.1, 0.15) is 5.56 Å². The fraction of sp³-hybridized carbons (Fsp3) is 0.111. The highest BCUT2D eigenvalue weighted by atomic mass is 79.9. The molecule has 14 heavy (non-hydrogen) atoms. The van der Waals surface area contributed by atoms with Crippen molar-refractivity contribution in [2.45, 2.75) is 0 Å². The molecule has 0 aliphatic carbocycles. The Hall–Kier alpha value is -1.54. The van der Waals surface area contributed by atoms with E-state index in [4.69, 9.17) is 15.8 Å². The molecule has 0 atom stereocenters. The van der Waals surface area contributed by atoms with Crippen LogP contribution in [0.15, 0.2) is 27.8 Å². The Bertz CT molecular complexity index is 384. The van der Waals surface area contributed by atoms with Crippen LogP contribution in [0.2, 0.25) is 0 Å². The summed E-state index contributed by atoms with van der Waals surface area (Å²) < 4.78 is 6.06. The van der Waals surface area contributed by atoms with Crippen LogP contribution in [0.5, 0.6) is 5.75 Å². The van der Waals surface area contributed by atoms with E-state index in [-0.39, 0.29) is 6.61 Å². The molecule has 1 rings (SSSR count). The quantitative estimate of drug-likeness (QED) is 0.506. The number of benzene rings is 1. The smallest absolute Gasteiger partial charge is 0.174 e. The molecule has 0 saturated heterocycles. The summed E-state index contributed by atoms with van der Waals surface area (Å²) in [5, 5.41) is 11.8. The van der Waals surface area contributed by atoms with Crippen LogP contribution < -0.4 is 10.6 Å². The van der Waals surface area contributed by atoms with Crippen LogP contribution in [0.3, 0.4) is 0 Å². The van der Waals surface area contributed by atoms with E-state index in [1.165, 1.54) is 6.21 Å². The second kappa shape index (κ2) is 5.25. The zero-order chi connectivity index (χ0) is 10.4. The Morgan fingerprint density at radius 1 is 1.64 bits per heavy atom. The molecular weight excluding hydrogens is 246 g/mol. The number of nitriles is 1. The lowest BCUT2D eigenvalue weighted by Crippen LogP contribution is -1.98. The van der Waals surface area contributed by atoms with E-state index in [1.807, 2.05) is 18.2 Å². The average Bonchev–Trinajstić information content (AvgIpc) is 2.17. The SMILES string of the molecule is N#CCOc1ccc(Br)cc1C=NN. The minimum Gasteiger partial charge on any atom is -0.478 e. The predicted molar refractivity (Wildman–Crippen MR) is 57.0 cm³/mol. The molecule has 5 heteroatoms.